The number of ether oxygens (including phenoxy) is 1. The molecule has 0 atom stereocenters. The lowest BCUT2D eigenvalue weighted by atomic mass is 9.84. The summed E-state index contributed by atoms with van der Waals surface area (Å²) >= 11 is 0. The molecular formula is C26H38N6O8. The first-order chi connectivity index (χ1) is 19.1. The first-order valence-electron chi connectivity index (χ1n) is 13.3. The summed E-state index contributed by atoms with van der Waals surface area (Å²) in [5.74, 6) is -4.16. The van der Waals surface area contributed by atoms with Gasteiger partial charge in [-0.15, -0.1) is 0 Å². The maximum Gasteiger partial charge on any atom is 0.414 e. The molecule has 1 aromatic carbocycles. The van der Waals surface area contributed by atoms with Gasteiger partial charge in [0.25, 0.3) is 0 Å². The molecule has 0 spiro atoms. The quantitative estimate of drug-likeness (QED) is 0.229. The van der Waals surface area contributed by atoms with Gasteiger partial charge < -0.3 is 19.8 Å². The fourth-order valence-electron chi connectivity index (χ4n) is 4.56. The summed E-state index contributed by atoms with van der Waals surface area (Å²) in [5.41, 5.74) is -0.556. The summed E-state index contributed by atoms with van der Waals surface area (Å²) in [6.45, 7) is 6.71. The molecule has 1 aliphatic heterocycles. The number of carbonyl (C=O) groups is 4. The second kappa shape index (κ2) is 15.5. The van der Waals surface area contributed by atoms with E-state index in [0.29, 0.717) is 51.3 Å². The van der Waals surface area contributed by atoms with Gasteiger partial charge in [0.05, 0.1) is 13.7 Å². The maximum absolute atomic E-state index is 13.1. The van der Waals surface area contributed by atoms with Crippen LogP contribution in [0.3, 0.4) is 0 Å². The molecule has 14 nitrogen and oxygen atoms in total. The van der Waals surface area contributed by atoms with E-state index in [1.54, 1.807) is 11.8 Å². The third-order valence-electron chi connectivity index (χ3n) is 6.72. The van der Waals surface area contributed by atoms with Crippen LogP contribution in [0, 0.1) is 0 Å². The zero-order valence-electron chi connectivity index (χ0n) is 23.2. The summed E-state index contributed by atoms with van der Waals surface area (Å²) < 4.78 is 8.01. The number of benzene rings is 1. The molecule has 1 fully saturated rings. The molecular weight excluding hydrogens is 524 g/mol. The molecule has 3 rings (SSSR count). The van der Waals surface area contributed by atoms with E-state index in [2.05, 4.69) is 22.3 Å². The molecule has 0 unspecified atom stereocenters. The van der Waals surface area contributed by atoms with Crippen LogP contribution >= 0.6 is 0 Å². The largest absolute Gasteiger partial charge is 0.473 e. The Balaban J connectivity index is 0.000000840. The Morgan fingerprint density at radius 1 is 0.925 bits per heavy atom. The Labute approximate surface area is 232 Å². The minimum Gasteiger partial charge on any atom is -0.473 e. The molecule has 14 heteroatoms. The molecule has 0 saturated carbocycles. The van der Waals surface area contributed by atoms with Crippen LogP contribution in [0.1, 0.15) is 52.4 Å². The number of amides is 1. The van der Waals surface area contributed by atoms with Gasteiger partial charge in [-0.3, -0.25) is 9.69 Å². The van der Waals surface area contributed by atoms with Gasteiger partial charge in [-0.1, -0.05) is 44.9 Å². The van der Waals surface area contributed by atoms with E-state index in [9.17, 15) is 14.4 Å². The van der Waals surface area contributed by atoms with E-state index in [4.69, 9.17) is 24.5 Å². The number of methoxy groups -OCH3 is 1. The maximum atomic E-state index is 13.1. The lowest BCUT2D eigenvalue weighted by molar-refractivity contribution is -0.159. The zero-order valence-corrected chi connectivity index (χ0v) is 23.2. The van der Waals surface area contributed by atoms with Gasteiger partial charge in [-0.05, 0) is 41.8 Å². The van der Waals surface area contributed by atoms with E-state index in [-0.39, 0.29) is 18.0 Å². The second-order valence-electron chi connectivity index (χ2n) is 9.31. The summed E-state index contributed by atoms with van der Waals surface area (Å²) in [4.78, 5) is 60.6. The molecule has 40 heavy (non-hydrogen) atoms. The number of carboxylic acid groups (broad SMARTS) is 2. The van der Waals surface area contributed by atoms with Crippen LogP contribution in [-0.4, -0.2) is 91.0 Å². The normalized spacial score (nSPS) is 14.5. The summed E-state index contributed by atoms with van der Waals surface area (Å²) in [5, 5.41) is 22.8. The Bertz CT molecular complexity index is 1180. The third kappa shape index (κ3) is 8.21. The first-order valence-corrected chi connectivity index (χ1v) is 13.3. The predicted octanol–water partition coefficient (Wildman–Crippen LogP) is 1.24. The van der Waals surface area contributed by atoms with E-state index < -0.39 is 23.4 Å². The number of carboxylic acids is 2. The van der Waals surface area contributed by atoms with Gasteiger partial charge >= 0.3 is 23.6 Å². The monoisotopic (exact) mass is 562 g/mol. The minimum absolute atomic E-state index is 0.115. The number of anilines is 1. The lowest BCUT2D eigenvalue weighted by Crippen LogP contribution is -2.62. The average Bonchev–Trinajstić information content (AvgIpc) is 3.31. The van der Waals surface area contributed by atoms with Gasteiger partial charge in [0.15, 0.2) is 0 Å². The van der Waals surface area contributed by atoms with Crippen molar-refractivity contribution in [1.29, 1.82) is 0 Å². The number of esters is 1. The average molecular weight is 563 g/mol. The van der Waals surface area contributed by atoms with Crippen LogP contribution in [0.5, 0.6) is 0 Å². The van der Waals surface area contributed by atoms with Crippen molar-refractivity contribution in [2.24, 2.45) is 0 Å². The number of hydrogen-bond acceptors (Lipinski definition) is 9. The van der Waals surface area contributed by atoms with Crippen LogP contribution in [0.15, 0.2) is 35.1 Å². The van der Waals surface area contributed by atoms with Crippen molar-refractivity contribution in [2.45, 2.75) is 71.0 Å². The summed E-state index contributed by atoms with van der Waals surface area (Å²) in [6, 6.07) is 9.30. The number of tetrazole rings is 1. The summed E-state index contributed by atoms with van der Waals surface area (Å²) in [7, 11) is 1.37. The van der Waals surface area contributed by atoms with Crippen molar-refractivity contribution < 1.29 is 34.1 Å². The van der Waals surface area contributed by atoms with Crippen molar-refractivity contribution >= 4 is 29.5 Å². The van der Waals surface area contributed by atoms with Gasteiger partial charge in [0, 0.05) is 38.3 Å². The molecule has 2 N–H and O–H groups in total. The fourth-order valence-corrected chi connectivity index (χ4v) is 4.56. The number of carbonyl (C=O) groups excluding carboxylic acids is 2. The SMILES string of the molecule is CCCCCn1nnn(CCN2CCC(C(=O)OC)(N(C(=O)CC)c3ccccc3)CC2)c1=O.O=C(O)C(=O)O. The van der Waals surface area contributed by atoms with Gasteiger partial charge in [0.2, 0.25) is 5.91 Å². The minimum atomic E-state index is -1.82. The number of likely N-dealkylation sites (tertiary alicyclic amines) is 1. The molecule has 1 saturated heterocycles. The predicted molar refractivity (Wildman–Crippen MR) is 144 cm³/mol. The topological polar surface area (TPSA) is 177 Å². The van der Waals surface area contributed by atoms with Crippen molar-refractivity contribution in [3.8, 4) is 0 Å². The van der Waals surface area contributed by atoms with Crippen LogP contribution in [0.4, 0.5) is 5.69 Å². The number of aliphatic carboxylic acids is 2. The smallest absolute Gasteiger partial charge is 0.414 e. The van der Waals surface area contributed by atoms with Gasteiger partial charge in [-0.2, -0.15) is 9.36 Å². The highest BCUT2D eigenvalue weighted by Crippen LogP contribution is 2.35. The van der Waals surface area contributed by atoms with Gasteiger partial charge in [-0.25, -0.2) is 19.2 Å². The van der Waals surface area contributed by atoms with Gasteiger partial charge in [0.1, 0.15) is 5.54 Å². The van der Waals surface area contributed by atoms with Crippen molar-refractivity contribution in [2.75, 3.05) is 31.6 Å². The Morgan fingerprint density at radius 3 is 2.00 bits per heavy atom. The molecule has 0 radical (unpaired) electrons. The number of unbranched alkanes of at least 4 members (excludes halogenated alkanes) is 2. The molecule has 2 heterocycles. The molecule has 2 aromatic rings. The Morgan fingerprint density at radius 2 is 1.50 bits per heavy atom. The number of aromatic nitrogens is 4. The van der Waals surface area contributed by atoms with E-state index in [1.165, 1.54) is 16.5 Å². The Kier molecular flexibility index (Phi) is 12.5. The number of nitrogens with zero attached hydrogens (tertiary/aromatic N) is 6. The Hall–Kier alpha value is -4.07. The third-order valence-corrected chi connectivity index (χ3v) is 6.72. The molecule has 1 amide bonds. The number of hydrogen-bond donors (Lipinski definition) is 2. The van der Waals surface area contributed by atoms with E-state index in [1.807, 2.05) is 30.3 Å². The number of piperidine rings is 1. The molecule has 1 aromatic heterocycles. The van der Waals surface area contributed by atoms with E-state index in [0.717, 1.165) is 19.3 Å². The van der Waals surface area contributed by atoms with Crippen LogP contribution in [-0.2, 0) is 37.0 Å². The van der Waals surface area contributed by atoms with Crippen LogP contribution in [0.2, 0.25) is 0 Å². The van der Waals surface area contributed by atoms with Crippen molar-refractivity contribution in [3.63, 3.8) is 0 Å². The molecule has 0 aliphatic carbocycles. The standard InChI is InChI=1S/C24H36N6O4.C2H2O4/c1-4-6-10-15-28-23(33)29(26-25-28)19-18-27-16-13-24(14-17-27,22(32)34-3)30(21(31)5-2)20-11-8-7-9-12-20;3-1(4)2(5)6/h7-9,11-12H,4-6,10,13-19H2,1-3H3;(H,3,4)(H,5,6). The molecule has 0 bridgehead atoms. The van der Waals surface area contributed by atoms with Crippen LogP contribution in [0.25, 0.3) is 0 Å². The highest BCUT2D eigenvalue weighted by atomic mass is 16.5. The zero-order chi connectivity index (χ0) is 29.7. The number of rotatable bonds is 11. The first kappa shape index (κ1) is 32.1. The number of para-hydroxylation sites is 1. The summed E-state index contributed by atoms with van der Waals surface area (Å²) in [6.07, 6.45) is 4.21. The number of aryl methyl sites for hydroxylation is 1. The molecule has 220 valence electrons. The molecule has 1 aliphatic rings. The highest BCUT2D eigenvalue weighted by Gasteiger charge is 2.49. The highest BCUT2D eigenvalue weighted by molar-refractivity contribution is 6.27. The van der Waals surface area contributed by atoms with Crippen molar-refractivity contribution in [3.05, 3.63) is 40.8 Å². The fraction of sp³-hybridized carbons (Fsp3) is 0.577. The van der Waals surface area contributed by atoms with Crippen molar-refractivity contribution in [1.82, 2.24) is 24.7 Å². The second-order valence-corrected chi connectivity index (χ2v) is 9.31. The van der Waals surface area contributed by atoms with Crippen LogP contribution < -0.4 is 10.6 Å². The van der Waals surface area contributed by atoms with E-state index >= 15 is 0 Å². The lowest BCUT2D eigenvalue weighted by Gasteiger charge is -2.46.